The Labute approximate surface area is 130 Å². The Bertz CT molecular complexity index is 906. The summed E-state index contributed by atoms with van der Waals surface area (Å²) in [5.74, 6) is 1.33. The minimum Gasteiger partial charge on any atom is -0.486 e. The lowest BCUT2D eigenvalue weighted by molar-refractivity contribution is -0.389. The lowest BCUT2D eigenvalue weighted by Gasteiger charge is -2.18. The summed E-state index contributed by atoms with van der Waals surface area (Å²) in [5.41, 5.74) is 1.14. The molecule has 1 aliphatic rings. The SMILES string of the molecule is O=[N+]([O-])c1c(Nc2ccc3c(c2)OCCO3)nc2ccccn12. The molecular weight excluding hydrogens is 300 g/mol. The molecule has 0 amide bonds. The van der Waals surface area contributed by atoms with Crippen molar-refractivity contribution in [1.82, 2.24) is 9.38 Å². The number of pyridine rings is 1. The maximum absolute atomic E-state index is 11.4. The van der Waals surface area contributed by atoms with E-state index in [0.717, 1.165) is 0 Å². The van der Waals surface area contributed by atoms with Crippen LogP contribution in [0.3, 0.4) is 0 Å². The van der Waals surface area contributed by atoms with Crippen molar-refractivity contribution in [3.05, 3.63) is 52.7 Å². The van der Waals surface area contributed by atoms with E-state index in [9.17, 15) is 10.1 Å². The number of nitrogens with one attached hydrogen (secondary N) is 1. The van der Waals surface area contributed by atoms with Crippen LogP contribution in [0.2, 0.25) is 0 Å². The molecule has 0 radical (unpaired) electrons. The Morgan fingerprint density at radius 1 is 1.17 bits per heavy atom. The first-order chi connectivity index (χ1) is 11.2. The fourth-order valence-corrected chi connectivity index (χ4v) is 2.50. The molecule has 0 saturated heterocycles. The van der Waals surface area contributed by atoms with E-state index in [1.807, 2.05) is 0 Å². The molecule has 0 fully saturated rings. The average Bonchev–Trinajstić information content (AvgIpc) is 2.92. The van der Waals surface area contributed by atoms with Gasteiger partial charge in [0.05, 0.1) is 6.20 Å². The fourth-order valence-electron chi connectivity index (χ4n) is 2.50. The Kier molecular flexibility index (Phi) is 3.00. The summed E-state index contributed by atoms with van der Waals surface area (Å²) in [6, 6.07) is 10.5. The topological polar surface area (TPSA) is 90.9 Å². The first-order valence-electron chi connectivity index (χ1n) is 7.00. The van der Waals surface area contributed by atoms with Crippen molar-refractivity contribution in [2.24, 2.45) is 0 Å². The van der Waals surface area contributed by atoms with Gasteiger partial charge >= 0.3 is 5.82 Å². The molecular formula is C15H12N4O4. The van der Waals surface area contributed by atoms with Gasteiger partial charge in [0, 0.05) is 17.8 Å². The molecule has 1 aliphatic heterocycles. The number of fused-ring (bicyclic) bond motifs is 2. The van der Waals surface area contributed by atoms with E-state index in [1.54, 1.807) is 42.6 Å². The molecule has 8 heteroatoms. The lowest BCUT2D eigenvalue weighted by Crippen LogP contribution is -2.15. The summed E-state index contributed by atoms with van der Waals surface area (Å²) in [6.45, 7) is 0.989. The first-order valence-corrected chi connectivity index (χ1v) is 7.00. The third-order valence-corrected chi connectivity index (χ3v) is 3.48. The number of benzene rings is 1. The highest BCUT2D eigenvalue weighted by molar-refractivity contribution is 5.70. The van der Waals surface area contributed by atoms with E-state index in [-0.39, 0.29) is 11.6 Å². The van der Waals surface area contributed by atoms with Crippen LogP contribution in [0, 0.1) is 10.1 Å². The standard InChI is InChI=1S/C15H12N4O4/c20-19(21)15-14(17-13-3-1-2-6-18(13)15)16-10-4-5-11-12(9-10)23-8-7-22-11/h1-6,9,16H,7-8H2. The first kappa shape index (κ1) is 13.4. The van der Waals surface area contributed by atoms with Crippen LogP contribution in [-0.2, 0) is 0 Å². The number of hydrogen-bond acceptors (Lipinski definition) is 6. The summed E-state index contributed by atoms with van der Waals surface area (Å²) in [5, 5.41) is 14.4. The van der Waals surface area contributed by atoms with Crippen LogP contribution in [0.15, 0.2) is 42.6 Å². The van der Waals surface area contributed by atoms with Crippen molar-refractivity contribution < 1.29 is 14.4 Å². The number of nitrogens with zero attached hydrogens (tertiary/aromatic N) is 3. The molecule has 8 nitrogen and oxygen atoms in total. The molecule has 3 heterocycles. The molecule has 2 aromatic heterocycles. The van der Waals surface area contributed by atoms with E-state index < -0.39 is 4.92 Å². The van der Waals surface area contributed by atoms with Crippen molar-refractivity contribution in [1.29, 1.82) is 0 Å². The molecule has 23 heavy (non-hydrogen) atoms. The van der Waals surface area contributed by atoms with E-state index in [1.165, 1.54) is 4.40 Å². The quantitative estimate of drug-likeness (QED) is 0.590. The Balaban J connectivity index is 1.75. The summed E-state index contributed by atoms with van der Waals surface area (Å²) in [7, 11) is 0. The third-order valence-electron chi connectivity index (χ3n) is 3.48. The van der Waals surface area contributed by atoms with Gasteiger partial charge in [-0.15, -0.1) is 0 Å². The van der Waals surface area contributed by atoms with Crippen molar-refractivity contribution in [2.75, 3.05) is 18.5 Å². The van der Waals surface area contributed by atoms with Crippen LogP contribution in [0.25, 0.3) is 5.65 Å². The van der Waals surface area contributed by atoms with E-state index in [4.69, 9.17) is 9.47 Å². The van der Waals surface area contributed by atoms with Crippen molar-refractivity contribution in [3.63, 3.8) is 0 Å². The van der Waals surface area contributed by atoms with Crippen LogP contribution in [0.1, 0.15) is 0 Å². The summed E-state index contributed by atoms with van der Waals surface area (Å²) < 4.78 is 12.4. The largest absolute Gasteiger partial charge is 0.486 e. The maximum atomic E-state index is 11.4. The van der Waals surface area contributed by atoms with E-state index in [0.29, 0.717) is 36.0 Å². The number of imidazole rings is 1. The molecule has 116 valence electrons. The zero-order valence-electron chi connectivity index (χ0n) is 11.9. The highest BCUT2D eigenvalue weighted by Gasteiger charge is 2.23. The Hall–Kier alpha value is -3.29. The molecule has 0 saturated carbocycles. The van der Waals surface area contributed by atoms with Gasteiger partial charge in [0.25, 0.3) is 0 Å². The summed E-state index contributed by atoms with van der Waals surface area (Å²) in [6.07, 6.45) is 1.61. The number of aromatic nitrogens is 2. The number of rotatable bonds is 3. The second-order valence-corrected chi connectivity index (χ2v) is 4.95. The van der Waals surface area contributed by atoms with Gasteiger partial charge in [-0.05, 0) is 23.1 Å². The average molecular weight is 312 g/mol. The molecule has 3 aromatic rings. The molecule has 0 aliphatic carbocycles. The highest BCUT2D eigenvalue weighted by atomic mass is 16.6. The van der Waals surface area contributed by atoms with Gasteiger partial charge in [0.15, 0.2) is 11.5 Å². The smallest absolute Gasteiger partial charge is 0.372 e. The minimum atomic E-state index is -0.458. The highest BCUT2D eigenvalue weighted by Crippen LogP contribution is 2.35. The molecule has 4 rings (SSSR count). The molecule has 0 bridgehead atoms. The van der Waals surface area contributed by atoms with Gasteiger partial charge in [-0.1, -0.05) is 6.07 Å². The number of nitro groups is 1. The second kappa shape index (κ2) is 5.16. The number of anilines is 2. The van der Waals surface area contributed by atoms with Gasteiger partial charge in [-0.3, -0.25) is 0 Å². The Morgan fingerprint density at radius 3 is 2.83 bits per heavy atom. The summed E-state index contributed by atoms with van der Waals surface area (Å²) >= 11 is 0. The number of hydrogen-bond donors (Lipinski definition) is 1. The second-order valence-electron chi connectivity index (χ2n) is 4.95. The van der Waals surface area contributed by atoms with Crippen LogP contribution in [-0.4, -0.2) is 27.5 Å². The third kappa shape index (κ3) is 2.30. The van der Waals surface area contributed by atoms with Gasteiger partial charge in [-0.25, -0.2) is 0 Å². The molecule has 0 atom stereocenters. The molecule has 1 N–H and O–H groups in total. The lowest BCUT2D eigenvalue weighted by atomic mass is 10.2. The minimum absolute atomic E-state index is 0.115. The van der Waals surface area contributed by atoms with Crippen molar-refractivity contribution >= 4 is 23.0 Å². The fraction of sp³-hybridized carbons (Fsp3) is 0.133. The predicted molar refractivity (Wildman–Crippen MR) is 82.6 cm³/mol. The van der Waals surface area contributed by atoms with Crippen molar-refractivity contribution in [2.45, 2.75) is 0 Å². The van der Waals surface area contributed by atoms with E-state index >= 15 is 0 Å². The molecule has 0 unspecified atom stereocenters. The van der Waals surface area contributed by atoms with Gasteiger partial charge in [-0.2, -0.15) is 9.38 Å². The maximum Gasteiger partial charge on any atom is 0.372 e. The normalized spacial score (nSPS) is 13.0. The summed E-state index contributed by atoms with van der Waals surface area (Å²) in [4.78, 5) is 15.2. The Morgan fingerprint density at radius 2 is 2.00 bits per heavy atom. The van der Waals surface area contributed by atoms with Gasteiger partial charge in [0.1, 0.15) is 13.2 Å². The van der Waals surface area contributed by atoms with Crippen LogP contribution in [0.5, 0.6) is 11.5 Å². The molecule has 1 aromatic carbocycles. The van der Waals surface area contributed by atoms with Crippen molar-refractivity contribution in [3.8, 4) is 11.5 Å². The monoisotopic (exact) mass is 312 g/mol. The van der Waals surface area contributed by atoms with Crippen LogP contribution >= 0.6 is 0 Å². The number of ether oxygens (including phenoxy) is 2. The molecule has 0 spiro atoms. The predicted octanol–water partition coefficient (Wildman–Crippen LogP) is 2.76. The van der Waals surface area contributed by atoms with Gasteiger partial charge in [0.2, 0.25) is 11.5 Å². The van der Waals surface area contributed by atoms with E-state index in [2.05, 4.69) is 10.3 Å². The zero-order valence-corrected chi connectivity index (χ0v) is 11.9. The van der Waals surface area contributed by atoms with Gasteiger partial charge < -0.3 is 24.9 Å². The van der Waals surface area contributed by atoms with Crippen LogP contribution < -0.4 is 14.8 Å². The van der Waals surface area contributed by atoms with Crippen LogP contribution in [0.4, 0.5) is 17.3 Å². The zero-order chi connectivity index (χ0) is 15.8.